The van der Waals surface area contributed by atoms with Crippen molar-refractivity contribution in [2.45, 2.75) is 18.4 Å². The normalized spacial score (nSPS) is 11.9. The topological polar surface area (TPSA) is 115 Å². The molecule has 4 N–H and O–H groups in total. The van der Waals surface area contributed by atoms with Crippen molar-refractivity contribution in [2.75, 3.05) is 6.61 Å². The molecule has 6 nitrogen and oxygen atoms in total. The SMILES string of the molecule is O=C(O)CC(O)(/C=C/CO)CC(=O)O. The largest absolute Gasteiger partial charge is 0.481 e. The van der Waals surface area contributed by atoms with Gasteiger partial charge >= 0.3 is 11.9 Å². The average molecular weight is 204 g/mol. The Bertz CT molecular complexity index is 228. The molecule has 0 radical (unpaired) electrons. The molecule has 0 unspecified atom stereocenters. The van der Waals surface area contributed by atoms with E-state index in [1.807, 2.05) is 0 Å². The van der Waals surface area contributed by atoms with E-state index in [9.17, 15) is 14.7 Å². The first-order chi connectivity index (χ1) is 6.39. The average Bonchev–Trinajstić information content (AvgIpc) is 1.97. The van der Waals surface area contributed by atoms with Gasteiger partial charge in [0.15, 0.2) is 0 Å². The molecule has 0 aromatic carbocycles. The molecular weight excluding hydrogens is 192 g/mol. The van der Waals surface area contributed by atoms with Gasteiger partial charge in [0.25, 0.3) is 0 Å². The highest BCUT2D eigenvalue weighted by atomic mass is 16.4. The molecule has 0 aromatic rings. The van der Waals surface area contributed by atoms with Crippen molar-refractivity contribution in [3.8, 4) is 0 Å². The summed E-state index contributed by atoms with van der Waals surface area (Å²) in [5.41, 5.74) is -1.94. The van der Waals surface area contributed by atoms with E-state index in [4.69, 9.17) is 15.3 Å². The van der Waals surface area contributed by atoms with E-state index in [0.717, 1.165) is 12.2 Å². The lowest BCUT2D eigenvalue weighted by Gasteiger charge is -2.19. The number of aliphatic hydroxyl groups is 2. The van der Waals surface area contributed by atoms with Gasteiger partial charge in [0.2, 0.25) is 0 Å². The lowest BCUT2D eigenvalue weighted by Crippen LogP contribution is -2.32. The molecule has 0 aliphatic heterocycles. The number of rotatable bonds is 6. The summed E-state index contributed by atoms with van der Waals surface area (Å²) in [6, 6.07) is 0. The zero-order valence-corrected chi connectivity index (χ0v) is 7.38. The first-order valence-corrected chi connectivity index (χ1v) is 3.84. The Morgan fingerprint density at radius 3 is 1.86 bits per heavy atom. The fourth-order valence-corrected chi connectivity index (χ4v) is 0.976. The van der Waals surface area contributed by atoms with E-state index in [1.54, 1.807) is 0 Å². The molecule has 0 fully saturated rings. The maximum Gasteiger partial charge on any atom is 0.306 e. The van der Waals surface area contributed by atoms with Crippen molar-refractivity contribution in [3.63, 3.8) is 0 Å². The zero-order chi connectivity index (χ0) is 11.2. The molecular formula is C8H12O6. The van der Waals surface area contributed by atoms with Crippen LogP contribution in [0.4, 0.5) is 0 Å². The lowest BCUT2D eigenvalue weighted by molar-refractivity contribution is -0.145. The Morgan fingerprint density at radius 1 is 1.14 bits per heavy atom. The molecule has 0 amide bonds. The maximum atomic E-state index is 10.3. The highest BCUT2D eigenvalue weighted by Gasteiger charge is 2.29. The van der Waals surface area contributed by atoms with Crippen molar-refractivity contribution in [1.29, 1.82) is 0 Å². The summed E-state index contributed by atoms with van der Waals surface area (Å²) in [5, 5.41) is 34.8. The quantitative estimate of drug-likeness (QED) is 0.422. The first-order valence-electron chi connectivity index (χ1n) is 3.84. The standard InChI is InChI=1S/C8H12O6/c9-3-1-2-8(14,4-6(10)11)5-7(12)13/h1-2,9,14H,3-5H2,(H,10,11)(H,12,13)/b2-1+. The van der Waals surface area contributed by atoms with Gasteiger partial charge in [-0.15, -0.1) is 0 Å². The molecule has 0 aliphatic rings. The van der Waals surface area contributed by atoms with Crippen LogP contribution in [0.3, 0.4) is 0 Å². The molecule has 0 saturated heterocycles. The number of aliphatic carboxylic acids is 2. The summed E-state index contributed by atoms with van der Waals surface area (Å²) in [6.07, 6.45) is 0.659. The van der Waals surface area contributed by atoms with Gasteiger partial charge in [0.05, 0.1) is 19.4 Å². The summed E-state index contributed by atoms with van der Waals surface area (Å²) < 4.78 is 0. The number of carboxylic acid groups (broad SMARTS) is 2. The van der Waals surface area contributed by atoms with Crippen LogP contribution in [-0.4, -0.2) is 44.6 Å². The van der Waals surface area contributed by atoms with Crippen LogP contribution in [0, 0.1) is 0 Å². The second-order valence-corrected chi connectivity index (χ2v) is 2.83. The molecule has 6 heteroatoms. The van der Waals surface area contributed by atoms with Gasteiger partial charge in [0.1, 0.15) is 5.60 Å². The predicted octanol–water partition coefficient (Wildman–Crippen LogP) is -0.785. The Labute approximate surface area is 80.1 Å². The van der Waals surface area contributed by atoms with Crippen LogP contribution in [0.25, 0.3) is 0 Å². The van der Waals surface area contributed by atoms with Crippen LogP contribution in [0.1, 0.15) is 12.8 Å². The molecule has 0 atom stereocenters. The summed E-state index contributed by atoms with van der Waals surface area (Å²) in [6.45, 7) is -0.387. The molecule has 80 valence electrons. The molecule has 0 spiro atoms. The van der Waals surface area contributed by atoms with Gasteiger partial charge in [-0.2, -0.15) is 0 Å². The number of carbonyl (C=O) groups is 2. The van der Waals surface area contributed by atoms with E-state index in [1.165, 1.54) is 0 Å². The van der Waals surface area contributed by atoms with E-state index >= 15 is 0 Å². The molecule has 0 rings (SSSR count). The Kier molecular flexibility index (Phi) is 4.82. The Morgan fingerprint density at radius 2 is 1.57 bits per heavy atom. The van der Waals surface area contributed by atoms with Gasteiger partial charge in [0, 0.05) is 0 Å². The second-order valence-electron chi connectivity index (χ2n) is 2.83. The molecule has 0 bridgehead atoms. The highest BCUT2D eigenvalue weighted by molar-refractivity contribution is 5.73. The zero-order valence-electron chi connectivity index (χ0n) is 7.38. The van der Waals surface area contributed by atoms with Crippen molar-refractivity contribution >= 4 is 11.9 Å². The van der Waals surface area contributed by atoms with Crippen molar-refractivity contribution in [2.24, 2.45) is 0 Å². The fourth-order valence-electron chi connectivity index (χ4n) is 0.976. The summed E-state index contributed by atoms with van der Waals surface area (Å²) >= 11 is 0. The van der Waals surface area contributed by atoms with Gasteiger partial charge in [-0.05, 0) is 0 Å². The third-order valence-electron chi connectivity index (χ3n) is 1.45. The lowest BCUT2D eigenvalue weighted by atomic mass is 9.95. The number of carboxylic acids is 2. The van der Waals surface area contributed by atoms with E-state index in [0.29, 0.717) is 0 Å². The minimum atomic E-state index is -1.94. The second kappa shape index (κ2) is 5.36. The molecule has 0 aliphatic carbocycles. The summed E-state index contributed by atoms with van der Waals surface area (Å²) in [5.74, 6) is -2.62. The molecule has 0 saturated carbocycles. The third-order valence-corrected chi connectivity index (χ3v) is 1.45. The van der Waals surface area contributed by atoms with Crippen molar-refractivity contribution < 1.29 is 30.0 Å². The number of hydrogen-bond donors (Lipinski definition) is 4. The molecule has 0 heterocycles. The fraction of sp³-hybridized carbons (Fsp3) is 0.500. The van der Waals surface area contributed by atoms with Crippen molar-refractivity contribution in [1.82, 2.24) is 0 Å². The Balaban J connectivity index is 4.56. The minimum Gasteiger partial charge on any atom is -0.481 e. The first kappa shape index (κ1) is 12.6. The highest BCUT2D eigenvalue weighted by Crippen LogP contribution is 2.17. The van der Waals surface area contributed by atoms with Crippen LogP contribution >= 0.6 is 0 Å². The van der Waals surface area contributed by atoms with Crippen LogP contribution in [-0.2, 0) is 9.59 Å². The van der Waals surface area contributed by atoms with Crippen LogP contribution in [0.15, 0.2) is 12.2 Å². The third kappa shape index (κ3) is 5.28. The number of aliphatic hydroxyl groups excluding tert-OH is 1. The van der Waals surface area contributed by atoms with Crippen LogP contribution in [0.2, 0.25) is 0 Å². The summed E-state index contributed by atoms with van der Waals surface area (Å²) in [7, 11) is 0. The minimum absolute atomic E-state index is 0.387. The smallest absolute Gasteiger partial charge is 0.306 e. The molecule has 14 heavy (non-hydrogen) atoms. The van der Waals surface area contributed by atoms with E-state index in [2.05, 4.69) is 0 Å². The van der Waals surface area contributed by atoms with Crippen LogP contribution < -0.4 is 0 Å². The van der Waals surface area contributed by atoms with Gasteiger partial charge in [-0.1, -0.05) is 12.2 Å². The van der Waals surface area contributed by atoms with Crippen LogP contribution in [0.5, 0.6) is 0 Å². The maximum absolute atomic E-state index is 10.3. The number of hydrogen-bond acceptors (Lipinski definition) is 4. The summed E-state index contributed by atoms with van der Waals surface area (Å²) in [4.78, 5) is 20.6. The predicted molar refractivity (Wildman–Crippen MR) is 45.7 cm³/mol. The van der Waals surface area contributed by atoms with E-state index in [-0.39, 0.29) is 6.61 Å². The molecule has 0 aromatic heterocycles. The van der Waals surface area contributed by atoms with Gasteiger partial charge in [-0.3, -0.25) is 9.59 Å². The van der Waals surface area contributed by atoms with E-state index < -0.39 is 30.4 Å². The Hall–Kier alpha value is -1.40. The van der Waals surface area contributed by atoms with Gasteiger partial charge < -0.3 is 20.4 Å². The van der Waals surface area contributed by atoms with Gasteiger partial charge in [-0.25, -0.2) is 0 Å². The monoisotopic (exact) mass is 204 g/mol. The van der Waals surface area contributed by atoms with Crippen molar-refractivity contribution in [3.05, 3.63) is 12.2 Å².